The third-order valence-corrected chi connectivity index (χ3v) is 4.30. The van der Waals surface area contributed by atoms with Crippen molar-refractivity contribution < 1.29 is 19.1 Å². The zero-order chi connectivity index (χ0) is 19.2. The Balaban J connectivity index is 1.53. The first kappa shape index (κ1) is 18.4. The minimum Gasteiger partial charge on any atom is -0.457 e. The highest BCUT2D eigenvalue weighted by molar-refractivity contribution is 6.39. The first-order valence-electron chi connectivity index (χ1n) is 8.71. The average Bonchev–Trinajstić information content (AvgIpc) is 2.69. The molecule has 0 aromatic heterocycles. The third kappa shape index (κ3) is 4.84. The highest BCUT2D eigenvalue weighted by atomic mass is 16.5. The number of benzene rings is 2. The summed E-state index contributed by atoms with van der Waals surface area (Å²) in [7, 11) is 0. The molecule has 0 saturated carbocycles. The van der Waals surface area contributed by atoms with E-state index >= 15 is 0 Å². The Labute approximate surface area is 157 Å². The number of amides is 3. The van der Waals surface area contributed by atoms with Crippen molar-refractivity contribution in [2.24, 2.45) is 0 Å². The van der Waals surface area contributed by atoms with Gasteiger partial charge in [-0.15, -0.1) is 0 Å². The van der Waals surface area contributed by atoms with Gasteiger partial charge in [-0.3, -0.25) is 14.4 Å². The van der Waals surface area contributed by atoms with E-state index in [0.29, 0.717) is 43.4 Å². The van der Waals surface area contributed by atoms with Gasteiger partial charge in [-0.05, 0) is 36.4 Å². The molecule has 0 unspecified atom stereocenters. The van der Waals surface area contributed by atoms with Crippen molar-refractivity contribution in [1.29, 1.82) is 0 Å². The summed E-state index contributed by atoms with van der Waals surface area (Å²) in [5.74, 6) is 0.0372. The van der Waals surface area contributed by atoms with Gasteiger partial charge in [0.05, 0.1) is 0 Å². The number of hydrogen-bond acceptors (Lipinski definition) is 4. The normalized spacial score (nSPS) is 13.8. The molecule has 7 nitrogen and oxygen atoms in total. The molecule has 0 atom stereocenters. The maximum atomic E-state index is 12.3. The predicted molar refractivity (Wildman–Crippen MR) is 100 cm³/mol. The van der Waals surface area contributed by atoms with Crippen LogP contribution in [-0.2, 0) is 14.4 Å². The summed E-state index contributed by atoms with van der Waals surface area (Å²) in [5.41, 5.74) is 0.510. The van der Waals surface area contributed by atoms with Crippen LogP contribution < -0.4 is 10.1 Å². The third-order valence-electron chi connectivity index (χ3n) is 4.30. The van der Waals surface area contributed by atoms with E-state index in [1.54, 1.807) is 29.2 Å². The molecule has 0 radical (unpaired) electrons. The first-order chi connectivity index (χ1) is 13.0. The fraction of sp³-hybridized carbons (Fsp3) is 0.250. The highest BCUT2D eigenvalue weighted by Crippen LogP contribution is 2.22. The van der Waals surface area contributed by atoms with Crippen LogP contribution in [0.15, 0.2) is 54.6 Å². The lowest BCUT2D eigenvalue weighted by atomic mass is 10.2. The van der Waals surface area contributed by atoms with Crippen LogP contribution in [0.5, 0.6) is 11.5 Å². The number of para-hydroxylation sites is 1. The molecule has 0 bridgehead atoms. The van der Waals surface area contributed by atoms with Gasteiger partial charge in [-0.1, -0.05) is 18.2 Å². The molecule has 7 heteroatoms. The Kier molecular flexibility index (Phi) is 5.71. The van der Waals surface area contributed by atoms with Crippen LogP contribution in [-0.4, -0.2) is 53.7 Å². The van der Waals surface area contributed by atoms with Crippen molar-refractivity contribution in [3.05, 3.63) is 54.6 Å². The largest absolute Gasteiger partial charge is 0.457 e. The van der Waals surface area contributed by atoms with Crippen LogP contribution in [0, 0.1) is 0 Å². The fourth-order valence-electron chi connectivity index (χ4n) is 2.78. The van der Waals surface area contributed by atoms with E-state index in [1.807, 2.05) is 30.3 Å². The smallest absolute Gasteiger partial charge is 0.313 e. The van der Waals surface area contributed by atoms with Crippen molar-refractivity contribution >= 4 is 23.4 Å². The number of rotatable bonds is 3. The van der Waals surface area contributed by atoms with Crippen molar-refractivity contribution in [2.45, 2.75) is 6.92 Å². The Morgan fingerprint density at radius 1 is 0.815 bits per heavy atom. The molecule has 3 amide bonds. The van der Waals surface area contributed by atoms with E-state index < -0.39 is 11.8 Å². The van der Waals surface area contributed by atoms with Crippen LogP contribution >= 0.6 is 0 Å². The Hall–Kier alpha value is -3.35. The minimum atomic E-state index is -0.692. The lowest BCUT2D eigenvalue weighted by Gasteiger charge is -2.33. The van der Waals surface area contributed by atoms with Gasteiger partial charge in [0.25, 0.3) is 0 Å². The molecule has 1 aliphatic heterocycles. The second-order valence-corrected chi connectivity index (χ2v) is 6.19. The van der Waals surface area contributed by atoms with Gasteiger partial charge in [0, 0.05) is 38.8 Å². The second-order valence-electron chi connectivity index (χ2n) is 6.19. The molecular weight excluding hydrogens is 346 g/mol. The van der Waals surface area contributed by atoms with Crippen molar-refractivity contribution in [2.75, 3.05) is 31.5 Å². The molecule has 0 aliphatic carbocycles. The summed E-state index contributed by atoms with van der Waals surface area (Å²) < 4.78 is 5.69. The Morgan fingerprint density at radius 2 is 1.37 bits per heavy atom. The summed E-state index contributed by atoms with van der Waals surface area (Å²) in [6.07, 6.45) is 0. The molecule has 1 saturated heterocycles. The molecule has 1 N–H and O–H groups in total. The molecule has 1 heterocycles. The quantitative estimate of drug-likeness (QED) is 0.843. The number of piperazine rings is 1. The van der Waals surface area contributed by atoms with Crippen LogP contribution in [0.3, 0.4) is 0 Å². The van der Waals surface area contributed by atoms with Crippen molar-refractivity contribution in [3.8, 4) is 11.5 Å². The van der Waals surface area contributed by atoms with Gasteiger partial charge in [-0.25, -0.2) is 0 Å². The highest BCUT2D eigenvalue weighted by Gasteiger charge is 2.26. The van der Waals surface area contributed by atoms with Crippen LogP contribution in [0.25, 0.3) is 0 Å². The number of anilines is 1. The topological polar surface area (TPSA) is 79.0 Å². The van der Waals surface area contributed by atoms with Crippen LogP contribution in [0.1, 0.15) is 6.92 Å². The number of nitrogens with zero attached hydrogens (tertiary/aromatic N) is 2. The van der Waals surface area contributed by atoms with E-state index in [1.165, 1.54) is 11.8 Å². The predicted octanol–water partition coefficient (Wildman–Crippen LogP) is 2.11. The summed E-state index contributed by atoms with van der Waals surface area (Å²) in [6, 6.07) is 16.2. The summed E-state index contributed by atoms with van der Waals surface area (Å²) in [4.78, 5) is 38.9. The molecule has 1 aliphatic rings. The SMILES string of the molecule is CC(=O)N1CCN(C(=O)C(=O)Nc2ccc(Oc3ccccc3)cc2)CC1. The van der Waals surface area contributed by atoms with Gasteiger partial charge >= 0.3 is 11.8 Å². The summed E-state index contributed by atoms with van der Waals surface area (Å²) in [6.45, 7) is 3.10. The van der Waals surface area contributed by atoms with E-state index in [0.717, 1.165) is 0 Å². The number of nitrogens with one attached hydrogen (secondary N) is 1. The molecule has 140 valence electrons. The molecule has 0 spiro atoms. The van der Waals surface area contributed by atoms with Crippen LogP contribution in [0.2, 0.25) is 0 Å². The minimum absolute atomic E-state index is 0.0237. The molecule has 2 aromatic carbocycles. The van der Waals surface area contributed by atoms with Crippen molar-refractivity contribution in [3.63, 3.8) is 0 Å². The maximum absolute atomic E-state index is 12.3. The summed E-state index contributed by atoms with van der Waals surface area (Å²) >= 11 is 0. The fourth-order valence-corrected chi connectivity index (χ4v) is 2.78. The van der Waals surface area contributed by atoms with Gasteiger partial charge in [0.1, 0.15) is 11.5 Å². The number of hydrogen-bond donors (Lipinski definition) is 1. The van der Waals surface area contributed by atoms with Gasteiger partial charge in [0.15, 0.2) is 0 Å². The Morgan fingerprint density at radius 3 is 1.96 bits per heavy atom. The van der Waals surface area contributed by atoms with E-state index in [9.17, 15) is 14.4 Å². The number of carbonyl (C=O) groups excluding carboxylic acids is 3. The monoisotopic (exact) mass is 367 g/mol. The van der Waals surface area contributed by atoms with Crippen LogP contribution in [0.4, 0.5) is 5.69 Å². The van der Waals surface area contributed by atoms with E-state index in [2.05, 4.69) is 5.32 Å². The Bertz CT molecular complexity index is 813. The molecule has 1 fully saturated rings. The molecular formula is C20H21N3O4. The lowest BCUT2D eigenvalue weighted by Crippen LogP contribution is -2.52. The molecule has 3 rings (SSSR count). The van der Waals surface area contributed by atoms with E-state index in [4.69, 9.17) is 4.74 Å². The molecule has 27 heavy (non-hydrogen) atoms. The zero-order valence-corrected chi connectivity index (χ0v) is 15.1. The van der Waals surface area contributed by atoms with E-state index in [-0.39, 0.29) is 5.91 Å². The molecule has 2 aromatic rings. The van der Waals surface area contributed by atoms with Crippen molar-refractivity contribution in [1.82, 2.24) is 9.80 Å². The van der Waals surface area contributed by atoms with Gasteiger partial charge < -0.3 is 19.9 Å². The lowest BCUT2D eigenvalue weighted by molar-refractivity contribution is -0.145. The maximum Gasteiger partial charge on any atom is 0.313 e. The standard InChI is InChI=1S/C20H21N3O4/c1-15(24)22-11-13-23(14-12-22)20(26)19(25)21-16-7-9-18(10-8-16)27-17-5-3-2-4-6-17/h2-10H,11-14H2,1H3,(H,21,25). The number of ether oxygens (including phenoxy) is 1. The zero-order valence-electron chi connectivity index (χ0n) is 15.1. The first-order valence-corrected chi connectivity index (χ1v) is 8.71. The number of carbonyl (C=O) groups is 3. The average molecular weight is 367 g/mol. The summed E-state index contributed by atoms with van der Waals surface area (Å²) in [5, 5.41) is 2.60. The second kappa shape index (κ2) is 8.35. The van der Waals surface area contributed by atoms with Gasteiger partial charge in [-0.2, -0.15) is 0 Å². The van der Waals surface area contributed by atoms with Gasteiger partial charge in [0.2, 0.25) is 5.91 Å².